The van der Waals surface area contributed by atoms with E-state index in [-0.39, 0.29) is 36.6 Å². The fourth-order valence-corrected chi connectivity index (χ4v) is 2.61. The Hall–Kier alpha value is -2.05. The number of benzene rings is 1. The number of halogens is 2. The largest absolute Gasteiger partial charge is 0.491 e. The molecule has 0 radical (unpaired) electrons. The summed E-state index contributed by atoms with van der Waals surface area (Å²) in [6.07, 6.45) is 1.84. The summed E-state index contributed by atoms with van der Waals surface area (Å²) in [5, 5.41) is 12.5. The molecule has 6 heteroatoms. The summed E-state index contributed by atoms with van der Waals surface area (Å²) in [6.45, 7) is 6.61. The van der Waals surface area contributed by atoms with Crippen molar-refractivity contribution < 1.29 is 18.6 Å². The summed E-state index contributed by atoms with van der Waals surface area (Å²) in [4.78, 5) is 4.33. The first-order valence-electron chi connectivity index (χ1n) is 9.38. The van der Waals surface area contributed by atoms with Crippen LogP contribution >= 0.6 is 0 Å². The summed E-state index contributed by atoms with van der Waals surface area (Å²) in [5.41, 5.74) is 1.27. The lowest BCUT2D eigenvalue weighted by Gasteiger charge is -2.20. The second-order valence-corrected chi connectivity index (χ2v) is 6.89. The molecule has 0 bridgehead atoms. The SMILES string of the molecule is CCCCOc1ccc(-c2ccc(F)c(CN[C@@H](CO)C(C)C)n2)cc1F. The molecule has 0 spiro atoms. The second-order valence-electron chi connectivity index (χ2n) is 6.89. The lowest BCUT2D eigenvalue weighted by atomic mass is 10.1. The van der Waals surface area contributed by atoms with Crippen LogP contribution in [0.3, 0.4) is 0 Å². The van der Waals surface area contributed by atoms with E-state index >= 15 is 0 Å². The summed E-state index contributed by atoms with van der Waals surface area (Å²) < 4.78 is 33.8. The van der Waals surface area contributed by atoms with E-state index in [1.165, 1.54) is 18.2 Å². The van der Waals surface area contributed by atoms with E-state index in [4.69, 9.17) is 4.74 Å². The standard InChI is InChI=1S/C21H28F2N2O2/c1-4-5-10-27-21-9-6-15(11-17(21)23)18-8-7-16(22)19(25-18)12-24-20(13-26)14(2)3/h6-9,11,14,20,24,26H,4-5,10,12-13H2,1-3H3/t20-/m0/s1. The Bertz CT molecular complexity index is 738. The van der Waals surface area contributed by atoms with E-state index in [0.717, 1.165) is 12.8 Å². The topological polar surface area (TPSA) is 54.4 Å². The Kier molecular flexibility index (Phi) is 8.13. The molecule has 1 aromatic heterocycles. The number of aliphatic hydroxyl groups excluding tert-OH is 1. The zero-order valence-electron chi connectivity index (χ0n) is 16.1. The number of hydrogen-bond acceptors (Lipinski definition) is 4. The van der Waals surface area contributed by atoms with Crippen LogP contribution in [0.15, 0.2) is 30.3 Å². The average molecular weight is 378 g/mol. The molecule has 2 aromatic rings. The molecule has 4 nitrogen and oxygen atoms in total. The van der Waals surface area contributed by atoms with Crippen LogP contribution in [0.25, 0.3) is 11.3 Å². The van der Waals surface area contributed by atoms with E-state index in [2.05, 4.69) is 10.3 Å². The predicted octanol–water partition coefficient (Wildman–Crippen LogP) is 4.31. The Labute approximate surface area is 159 Å². The lowest BCUT2D eigenvalue weighted by Crippen LogP contribution is -2.36. The molecular weight excluding hydrogens is 350 g/mol. The van der Waals surface area contributed by atoms with Crippen molar-refractivity contribution in [2.75, 3.05) is 13.2 Å². The highest BCUT2D eigenvalue weighted by molar-refractivity contribution is 5.60. The van der Waals surface area contributed by atoms with Gasteiger partial charge in [-0.1, -0.05) is 27.2 Å². The van der Waals surface area contributed by atoms with Crippen LogP contribution in [0.5, 0.6) is 5.75 Å². The summed E-state index contributed by atoms with van der Waals surface area (Å²) in [6, 6.07) is 7.34. The van der Waals surface area contributed by atoms with Crippen LogP contribution in [-0.4, -0.2) is 29.3 Å². The van der Waals surface area contributed by atoms with Crippen molar-refractivity contribution in [1.82, 2.24) is 10.3 Å². The van der Waals surface area contributed by atoms with Gasteiger partial charge in [-0.25, -0.2) is 13.8 Å². The van der Waals surface area contributed by atoms with Crippen molar-refractivity contribution >= 4 is 0 Å². The van der Waals surface area contributed by atoms with Gasteiger partial charge in [-0.3, -0.25) is 0 Å². The highest BCUT2D eigenvalue weighted by atomic mass is 19.1. The maximum absolute atomic E-state index is 14.3. The van der Waals surface area contributed by atoms with Crippen LogP contribution < -0.4 is 10.1 Å². The van der Waals surface area contributed by atoms with Gasteiger partial charge in [-0.2, -0.15) is 0 Å². The van der Waals surface area contributed by atoms with Crippen LogP contribution in [-0.2, 0) is 6.54 Å². The third-order valence-electron chi connectivity index (χ3n) is 4.43. The van der Waals surface area contributed by atoms with Gasteiger partial charge in [0.25, 0.3) is 0 Å². The predicted molar refractivity (Wildman–Crippen MR) is 103 cm³/mol. The van der Waals surface area contributed by atoms with E-state index in [9.17, 15) is 13.9 Å². The van der Waals surface area contributed by atoms with Crippen molar-refractivity contribution in [3.8, 4) is 17.0 Å². The van der Waals surface area contributed by atoms with Gasteiger partial charge in [-0.15, -0.1) is 0 Å². The zero-order chi connectivity index (χ0) is 19.8. The molecule has 0 aliphatic carbocycles. The Morgan fingerprint density at radius 3 is 2.56 bits per heavy atom. The third kappa shape index (κ3) is 5.97. The van der Waals surface area contributed by atoms with Crippen LogP contribution in [0, 0.1) is 17.6 Å². The van der Waals surface area contributed by atoms with Gasteiger partial charge >= 0.3 is 0 Å². The third-order valence-corrected chi connectivity index (χ3v) is 4.43. The maximum atomic E-state index is 14.3. The number of ether oxygens (including phenoxy) is 1. The highest BCUT2D eigenvalue weighted by Gasteiger charge is 2.14. The van der Waals surface area contributed by atoms with Gasteiger partial charge in [-0.05, 0) is 42.7 Å². The van der Waals surface area contributed by atoms with Gasteiger partial charge in [0, 0.05) is 18.2 Å². The van der Waals surface area contributed by atoms with E-state index in [1.807, 2.05) is 20.8 Å². The van der Waals surface area contributed by atoms with E-state index in [1.54, 1.807) is 12.1 Å². The Morgan fingerprint density at radius 2 is 1.93 bits per heavy atom. The summed E-state index contributed by atoms with van der Waals surface area (Å²) in [5.74, 6) is -0.490. The molecule has 0 unspecified atom stereocenters. The van der Waals surface area contributed by atoms with Crippen molar-refractivity contribution in [3.63, 3.8) is 0 Å². The van der Waals surface area contributed by atoms with Gasteiger partial charge in [0.05, 0.1) is 24.6 Å². The molecule has 0 aliphatic rings. The molecule has 0 fully saturated rings. The van der Waals surface area contributed by atoms with E-state index in [0.29, 0.717) is 17.9 Å². The summed E-state index contributed by atoms with van der Waals surface area (Å²) in [7, 11) is 0. The maximum Gasteiger partial charge on any atom is 0.165 e. The van der Waals surface area contributed by atoms with Crippen molar-refractivity contribution in [1.29, 1.82) is 0 Å². The molecule has 1 aromatic carbocycles. The number of aliphatic hydroxyl groups is 1. The fourth-order valence-electron chi connectivity index (χ4n) is 2.61. The molecule has 0 saturated heterocycles. The van der Waals surface area contributed by atoms with Gasteiger partial charge < -0.3 is 15.2 Å². The van der Waals surface area contributed by atoms with Gasteiger partial charge in [0.15, 0.2) is 11.6 Å². The number of nitrogens with one attached hydrogen (secondary N) is 1. The van der Waals surface area contributed by atoms with Crippen molar-refractivity contribution in [2.24, 2.45) is 5.92 Å². The van der Waals surface area contributed by atoms with Gasteiger partial charge in [0.1, 0.15) is 5.82 Å². The Morgan fingerprint density at radius 1 is 1.15 bits per heavy atom. The molecule has 1 atom stereocenters. The number of hydrogen-bond donors (Lipinski definition) is 2. The first-order valence-corrected chi connectivity index (χ1v) is 9.38. The highest BCUT2D eigenvalue weighted by Crippen LogP contribution is 2.25. The molecule has 0 saturated carbocycles. The molecule has 1 heterocycles. The minimum absolute atomic E-state index is 0.0380. The number of pyridine rings is 1. The number of nitrogens with zero attached hydrogens (tertiary/aromatic N) is 1. The van der Waals surface area contributed by atoms with Crippen LogP contribution in [0.2, 0.25) is 0 Å². The summed E-state index contributed by atoms with van der Waals surface area (Å²) >= 11 is 0. The normalized spacial score (nSPS) is 12.4. The monoisotopic (exact) mass is 378 g/mol. The van der Waals surface area contributed by atoms with E-state index < -0.39 is 11.6 Å². The molecule has 27 heavy (non-hydrogen) atoms. The average Bonchev–Trinajstić information content (AvgIpc) is 2.64. The van der Waals surface area contributed by atoms with Crippen molar-refractivity contribution in [3.05, 3.63) is 47.7 Å². The quantitative estimate of drug-likeness (QED) is 0.605. The molecular formula is C21H28F2N2O2. The molecule has 0 amide bonds. The number of aromatic nitrogens is 1. The first-order chi connectivity index (χ1) is 13.0. The molecule has 148 valence electrons. The second kappa shape index (κ2) is 10.3. The van der Waals surface area contributed by atoms with Gasteiger partial charge in [0.2, 0.25) is 0 Å². The molecule has 2 N–H and O–H groups in total. The molecule has 0 aliphatic heterocycles. The smallest absolute Gasteiger partial charge is 0.165 e. The fraction of sp³-hybridized carbons (Fsp3) is 0.476. The zero-order valence-corrected chi connectivity index (χ0v) is 16.1. The minimum atomic E-state index is -0.463. The van der Waals surface area contributed by atoms with Crippen LogP contribution in [0.4, 0.5) is 8.78 Å². The number of rotatable bonds is 10. The minimum Gasteiger partial charge on any atom is -0.491 e. The number of unbranched alkanes of at least 4 members (excludes halogenated alkanes) is 1. The Balaban J connectivity index is 2.15. The molecule has 2 rings (SSSR count). The first kappa shape index (κ1) is 21.3. The lowest BCUT2D eigenvalue weighted by molar-refractivity contribution is 0.209. The van der Waals surface area contributed by atoms with Crippen LogP contribution in [0.1, 0.15) is 39.3 Å². The van der Waals surface area contributed by atoms with Crippen molar-refractivity contribution in [2.45, 2.75) is 46.2 Å².